The molecule has 37 heavy (non-hydrogen) atoms. The third kappa shape index (κ3) is 5.57. The minimum absolute atomic E-state index is 0.137. The SMILES string of the molecule is CCOc1ccc(-c2cnc3cccc(-c4ccc(CC(=O)N5CCOCC5)cc4)c3n2)cc1OCC. The molecule has 4 aromatic rings. The summed E-state index contributed by atoms with van der Waals surface area (Å²) >= 11 is 0. The number of hydrogen-bond donors (Lipinski definition) is 0. The second-order valence-corrected chi connectivity index (χ2v) is 8.82. The van der Waals surface area contributed by atoms with Gasteiger partial charge >= 0.3 is 0 Å². The van der Waals surface area contributed by atoms with Gasteiger partial charge in [-0.2, -0.15) is 0 Å². The van der Waals surface area contributed by atoms with Gasteiger partial charge in [0.15, 0.2) is 11.5 Å². The first-order valence-corrected chi connectivity index (χ1v) is 12.8. The standard InChI is InChI=1S/C30H31N3O4/c1-3-36-27-13-12-23(19-28(27)37-4-2)26-20-31-25-7-5-6-24(30(25)32-26)22-10-8-21(9-11-22)18-29(34)33-14-16-35-17-15-33/h5-13,19-20H,3-4,14-18H2,1-2H3. The number of para-hydroxylation sites is 1. The van der Waals surface area contributed by atoms with E-state index in [-0.39, 0.29) is 5.91 Å². The van der Waals surface area contributed by atoms with Crippen LogP contribution in [0.2, 0.25) is 0 Å². The summed E-state index contributed by atoms with van der Waals surface area (Å²) in [5, 5.41) is 0. The van der Waals surface area contributed by atoms with Crippen LogP contribution in [-0.4, -0.2) is 60.3 Å². The number of aromatic nitrogens is 2. The molecule has 1 aliphatic heterocycles. The number of carbonyl (C=O) groups excluding carboxylic acids is 1. The van der Waals surface area contributed by atoms with Crippen LogP contribution in [0.3, 0.4) is 0 Å². The number of rotatable bonds is 8. The molecule has 0 radical (unpaired) electrons. The molecule has 1 fully saturated rings. The van der Waals surface area contributed by atoms with E-state index in [1.807, 2.05) is 61.2 Å². The molecule has 1 amide bonds. The van der Waals surface area contributed by atoms with E-state index in [4.69, 9.17) is 24.2 Å². The van der Waals surface area contributed by atoms with Crippen molar-refractivity contribution in [2.75, 3.05) is 39.5 Å². The zero-order valence-electron chi connectivity index (χ0n) is 21.3. The molecular weight excluding hydrogens is 466 g/mol. The Morgan fingerprint density at radius 1 is 0.919 bits per heavy atom. The van der Waals surface area contributed by atoms with Crippen LogP contribution < -0.4 is 9.47 Å². The third-order valence-corrected chi connectivity index (χ3v) is 6.40. The average molecular weight is 498 g/mol. The molecule has 1 saturated heterocycles. The summed E-state index contributed by atoms with van der Waals surface area (Å²) in [7, 11) is 0. The van der Waals surface area contributed by atoms with Crippen molar-refractivity contribution in [3.63, 3.8) is 0 Å². The summed E-state index contributed by atoms with van der Waals surface area (Å²) in [5.74, 6) is 1.55. The van der Waals surface area contributed by atoms with Gasteiger partial charge in [0, 0.05) is 24.2 Å². The lowest BCUT2D eigenvalue weighted by Gasteiger charge is -2.26. The zero-order chi connectivity index (χ0) is 25.6. The van der Waals surface area contributed by atoms with E-state index in [9.17, 15) is 4.79 Å². The summed E-state index contributed by atoms with van der Waals surface area (Å²) in [6.07, 6.45) is 2.18. The van der Waals surface area contributed by atoms with E-state index in [2.05, 4.69) is 18.2 Å². The Labute approximate surface area is 217 Å². The lowest BCUT2D eigenvalue weighted by atomic mass is 10.0. The van der Waals surface area contributed by atoms with E-state index >= 15 is 0 Å². The Kier molecular flexibility index (Phi) is 7.61. The van der Waals surface area contributed by atoms with E-state index in [0.29, 0.717) is 51.7 Å². The summed E-state index contributed by atoms with van der Waals surface area (Å²) in [6, 6.07) is 20.0. The van der Waals surface area contributed by atoms with Crippen molar-refractivity contribution in [1.82, 2.24) is 14.9 Å². The molecule has 7 nitrogen and oxygen atoms in total. The summed E-state index contributed by atoms with van der Waals surface area (Å²) < 4.78 is 16.9. The van der Waals surface area contributed by atoms with Gasteiger partial charge in [0.05, 0.1) is 55.8 Å². The van der Waals surface area contributed by atoms with Crippen LogP contribution in [0.15, 0.2) is 66.9 Å². The van der Waals surface area contributed by atoms with Crippen molar-refractivity contribution in [1.29, 1.82) is 0 Å². The zero-order valence-corrected chi connectivity index (χ0v) is 21.3. The maximum absolute atomic E-state index is 12.6. The molecule has 0 unspecified atom stereocenters. The van der Waals surface area contributed by atoms with E-state index < -0.39 is 0 Å². The maximum Gasteiger partial charge on any atom is 0.227 e. The quantitative estimate of drug-likeness (QED) is 0.335. The van der Waals surface area contributed by atoms with Crippen molar-refractivity contribution in [2.45, 2.75) is 20.3 Å². The minimum atomic E-state index is 0.137. The maximum atomic E-state index is 12.6. The number of hydrogen-bond acceptors (Lipinski definition) is 6. The molecule has 7 heteroatoms. The van der Waals surface area contributed by atoms with Gasteiger partial charge in [-0.25, -0.2) is 4.98 Å². The molecule has 3 aromatic carbocycles. The Morgan fingerprint density at radius 2 is 1.65 bits per heavy atom. The monoisotopic (exact) mass is 497 g/mol. The van der Waals surface area contributed by atoms with E-state index in [1.54, 1.807) is 6.20 Å². The highest BCUT2D eigenvalue weighted by Gasteiger charge is 2.17. The Morgan fingerprint density at radius 3 is 2.41 bits per heavy atom. The summed E-state index contributed by atoms with van der Waals surface area (Å²) in [5.41, 5.74) is 6.33. The highest BCUT2D eigenvalue weighted by Crippen LogP contribution is 2.34. The van der Waals surface area contributed by atoms with Crippen LogP contribution in [-0.2, 0) is 16.0 Å². The van der Waals surface area contributed by atoms with Gasteiger partial charge in [-0.05, 0) is 49.2 Å². The molecule has 5 rings (SSSR count). The number of ether oxygens (including phenoxy) is 3. The topological polar surface area (TPSA) is 73.8 Å². The largest absolute Gasteiger partial charge is 0.490 e. The molecule has 0 saturated carbocycles. The van der Waals surface area contributed by atoms with Crippen LogP contribution in [0.4, 0.5) is 0 Å². The Hall–Kier alpha value is -3.97. The number of morpholine rings is 1. The second kappa shape index (κ2) is 11.4. The fraction of sp³-hybridized carbons (Fsp3) is 0.300. The lowest BCUT2D eigenvalue weighted by Crippen LogP contribution is -2.41. The first-order valence-electron chi connectivity index (χ1n) is 12.8. The molecule has 1 aromatic heterocycles. The number of amides is 1. The molecular formula is C30H31N3O4. The number of benzene rings is 3. The predicted octanol–water partition coefficient (Wildman–Crippen LogP) is 5.16. The number of nitrogens with zero attached hydrogens (tertiary/aromatic N) is 3. The van der Waals surface area contributed by atoms with Crippen molar-refractivity contribution in [3.05, 3.63) is 72.4 Å². The lowest BCUT2D eigenvalue weighted by molar-refractivity contribution is -0.134. The van der Waals surface area contributed by atoms with Crippen LogP contribution in [0.25, 0.3) is 33.4 Å². The predicted molar refractivity (Wildman–Crippen MR) is 144 cm³/mol. The molecule has 0 atom stereocenters. The first kappa shape index (κ1) is 24.7. The molecule has 190 valence electrons. The third-order valence-electron chi connectivity index (χ3n) is 6.40. The van der Waals surface area contributed by atoms with E-state index in [1.165, 1.54) is 0 Å². The fourth-order valence-corrected chi connectivity index (χ4v) is 4.52. The smallest absolute Gasteiger partial charge is 0.227 e. The number of fused-ring (bicyclic) bond motifs is 1. The molecule has 0 aliphatic carbocycles. The molecule has 2 heterocycles. The Bertz CT molecular complexity index is 1380. The summed E-state index contributed by atoms with van der Waals surface area (Å²) in [6.45, 7) is 7.56. The highest BCUT2D eigenvalue weighted by atomic mass is 16.5. The van der Waals surface area contributed by atoms with Crippen molar-refractivity contribution in [3.8, 4) is 33.9 Å². The second-order valence-electron chi connectivity index (χ2n) is 8.82. The van der Waals surface area contributed by atoms with Crippen molar-refractivity contribution < 1.29 is 19.0 Å². The van der Waals surface area contributed by atoms with Gasteiger partial charge in [0.25, 0.3) is 0 Å². The van der Waals surface area contributed by atoms with Crippen LogP contribution in [0.5, 0.6) is 11.5 Å². The number of carbonyl (C=O) groups is 1. The average Bonchev–Trinajstić information content (AvgIpc) is 2.94. The van der Waals surface area contributed by atoms with Crippen LogP contribution in [0.1, 0.15) is 19.4 Å². The van der Waals surface area contributed by atoms with Gasteiger partial charge in [-0.3, -0.25) is 9.78 Å². The van der Waals surface area contributed by atoms with Gasteiger partial charge < -0.3 is 19.1 Å². The van der Waals surface area contributed by atoms with Gasteiger partial charge in [0.1, 0.15) is 0 Å². The highest BCUT2D eigenvalue weighted by molar-refractivity contribution is 5.92. The van der Waals surface area contributed by atoms with Gasteiger partial charge in [-0.1, -0.05) is 36.4 Å². The van der Waals surface area contributed by atoms with Crippen molar-refractivity contribution >= 4 is 16.9 Å². The summed E-state index contributed by atoms with van der Waals surface area (Å²) in [4.78, 5) is 24.2. The normalized spacial score (nSPS) is 13.5. The first-order chi connectivity index (χ1) is 18.2. The molecule has 0 bridgehead atoms. The molecule has 1 aliphatic rings. The minimum Gasteiger partial charge on any atom is -0.490 e. The molecule has 0 N–H and O–H groups in total. The van der Waals surface area contributed by atoms with Gasteiger partial charge in [0.2, 0.25) is 5.91 Å². The molecule has 0 spiro atoms. The van der Waals surface area contributed by atoms with Crippen molar-refractivity contribution in [2.24, 2.45) is 0 Å². The van der Waals surface area contributed by atoms with Crippen LogP contribution >= 0.6 is 0 Å². The van der Waals surface area contributed by atoms with E-state index in [0.717, 1.165) is 44.7 Å². The fourth-order valence-electron chi connectivity index (χ4n) is 4.52. The Balaban J connectivity index is 1.43. The van der Waals surface area contributed by atoms with Crippen LogP contribution in [0, 0.1) is 0 Å². The van der Waals surface area contributed by atoms with Gasteiger partial charge in [-0.15, -0.1) is 0 Å².